The second-order valence-electron chi connectivity index (χ2n) is 7.03. The number of nitrogens with zero attached hydrogens (tertiary/aromatic N) is 2. The van der Waals surface area contributed by atoms with Crippen molar-refractivity contribution in [1.82, 2.24) is 4.90 Å². The van der Waals surface area contributed by atoms with Crippen LogP contribution in [0.3, 0.4) is 0 Å². The van der Waals surface area contributed by atoms with Crippen molar-refractivity contribution >= 4 is 23.2 Å². The van der Waals surface area contributed by atoms with Gasteiger partial charge in [-0.15, -0.1) is 0 Å². The Hall–Kier alpha value is -2.89. The number of piperazine rings is 1. The van der Waals surface area contributed by atoms with Crippen molar-refractivity contribution < 1.29 is 14.0 Å². The van der Waals surface area contributed by atoms with E-state index in [1.54, 1.807) is 17.0 Å². The van der Waals surface area contributed by atoms with Gasteiger partial charge in [0, 0.05) is 37.6 Å². The normalized spacial score (nSPS) is 14.1. The molecule has 0 spiro atoms. The topological polar surface area (TPSA) is 52.7 Å². The van der Waals surface area contributed by atoms with Crippen LogP contribution in [0.2, 0.25) is 0 Å². The maximum absolute atomic E-state index is 13.1. The van der Waals surface area contributed by atoms with Gasteiger partial charge in [0.15, 0.2) is 0 Å². The Morgan fingerprint density at radius 3 is 2.36 bits per heavy atom. The van der Waals surface area contributed by atoms with Gasteiger partial charge in [-0.1, -0.05) is 25.1 Å². The molecule has 0 atom stereocenters. The number of benzene rings is 2. The molecule has 6 heteroatoms. The average molecular weight is 383 g/mol. The molecular formula is C22H26FN3O2. The molecule has 148 valence electrons. The maximum atomic E-state index is 13.1. The lowest BCUT2D eigenvalue weighted by molar-refractivity contribution is -0.134. The second kappa shape index (κ2) is 8.87. The summed E-state index contributed by atoms with van der Waals surface area (Å²) in [5, 5.41) is 2.91. The Balaban J connectivity index is 1.53. The van der Waals surface area contributed by atoms with Gasteiger partial charge in [-0.25, -0.2) is 4.39 Å². The first-order valence-corrected chi connectivity index (χ1v) is 9.64. The summed E-state index contributed by atoms with van der Waals surface area (Å²) in [5.74, 6) is -0.707. The Morgan fingerprint density at radius 2 is 1.71 bits per heavy atom. The lowest BCUT2D eigenvalue weighted by Crippen LogP contribution is -2.49. The number of carbonyl (C=O) groups is 2. The quantitative estimate of drug-likeness (QED) is 0.806. The summed E-state index contributed by atoms with van der Waals surface area (Å²) in [6.45, 7) is 6.41. The molecule has 1 N–H and O–H groups in total. The van der Waals surface area contributed by atoms with Crippen LogP contribution in [-0.4, -0.2) is 42.9 Å². The predicted octanol–water partition coefficient (Wildman–Crippen LogP) is 3.37. The molecule has 1 aliphatic heterocycles. The zero-order chi connectivity index (χ0) is 20.1. The molecule has 2 aromatic carbocycles. The molecule has 3 rings (SSSR count). The highest BCUT2D eigenvalue weighted by Crippen LogP contribution is 2.21. The molecule has 0 bridgehead atoms. The second-order valence-corrected chi connectivity index (χ2v) is 7.03. The minimum atomic E-state index is -0.282. The molecule has 1 aliphatic rings. The fourth-order valence-corrected chi connectivity index (χ4v) is 3.50. The number of amides is 2. The molecule has 5 nitrogen and oxygen atoms in total. The third kappa shape index (κ3) is 4.68. The van der Waals surface area contributed by atoms with E-state index in [1.807, 2.05) is 32.0 Å². The summed E-state index contributed by atoms with van der Waals surface area (Å²) in [5.41, 5.74) is 3.81. The van der Waals surface area contributed by atoms with Gasteiger partial charge in [0.25, 0.3) is 0 Å². The molecule has 28 heavy (non-hydrogen) atoms. The summed E-state index contributed by atoms with van der Waals surface area (Å²) in [6, 6.07) is 12.3. The molecule has 2 amide bonds. The van der Waals surface area contributed by atoms with E-state index in [9.17, 15) is 14.0 Å². The van der Waals surface area contributed by atoms with Crippen LogP contribution in [0.1, 0.15) is 24.5 Å². The lowest BCUT2D eigenvalue weighted by atomic mass is 10.1. The molecule has 1 heterocycles. The van der Waals surface area contributed by atoms with Gasteiger partial charge < -0.3 is 15.1 Å². The van der Waals surface area contributed by atoms with Crippen molar-refractivity contribution in [2.45, 2.75) is 26.7 Å². The zero-order valence-electron chi connectivity index (χ0n) is 16.4. The van der Waals surface area contributed by atoms with E-state index >= 15 is 0 Å². The Kier molecular flexibility index (Phi) is 6.29. The van der Waals surface area contributed by atoms with Crippen LogP contribution < -0.4 is 10.2 Å². The van der Waals surface area contributed by atoms with Gasteiger partial charge in [0.05, 0.1) is 0 Å². The van der Waals surface area contributed by atoms with Crippen LogP contribution >= 0.6 is 0 Å². The number of rotatable bonds is 5. The van der Waals surface area contributed by atoms with Crippen molar-refractivity contribution in [3.63, 3.8) is 0 Å². The third-order valence-corrected chi connectivity index (χ3v) is 5.14. The summed E-state index contributed by atoms with van der Waals surface area (Å²) in [7, 11) is 0. The predicted molar refractivity (Wildman–Crippen MR) is 109 cm³/mol. The molecule has 1 fully saturated rings. The summed E-state index contributed by atoms with van der Waals surface area (Å²) < 4.78 is 13.1. The molecule has 0 radical (unpaired) electrons. The molecule has 0 saturated carbocycles. The number of nitrogens with one attached hydrogen (secondary N) is 1. The summed E-state index contributed by atoms with van der Waals surface area (Å²) in [4.78, 5) is 28.8. The summed E-state index contributed by atoms with van der Waals surface area (Å²) >= 11 is 0. The van der Waals surface area contributed by atoms with E-state index in [0.717, 1.165) is 28.9 Å². The minimum Gasteiger partial charge on any atom is -0.368 e. The van der Waals surface area contributed by atoms with E-state index in [1.165, 1.54) is 12.1 Å². The number of anilines is 2. The van der Waals surface area contributed by atoms with E-state index in [-0.39, 0.29) is 24.1 Å². The number of hydrogen-bond acceptors (Lipinski definition) is 3. The molecule has 0 aliphatic carbocycles. The van der Waals surface area contributed by atoms with Crippen LogP contribution in [0.15, 0.2) is 42.5 Å². The first kappa shape index (κ1) is 19.9. The largest absolute Gasteiger partial charge is 0.368 e. The molecule has 0 unspecified atom stereocenters. The molecule has 0 aromatic heterocycles. The van der Waals surface area contributed by atoms with Crippen LogP contribution in [0.25, 0.3) is 0 Å². The SMILES string of the molecule is CCc1cccc(C)c1NC(=O)CC(=O)N1CCN(c2ccc(F)cc2)CC1. The van der Waals surface area contributed by atoms with Gasteiger partial charge in [-0.3, -0.25) is 9.59 Å². The Morgan fingerprint density at radius 1 is 1.04 bits per heavy atom. The zero-order valence-corrected chi connectivity index (χ0v) is 16.4. The first-order chi connectivity index (χ1) is 13.5. The number of aryl methyl sites for hydroxylation is 2. The van der Waals surface area contributed by atoms with Crippen LogP contribution in [-0.2, 0) is 16.0 Å². The monoisotopic (exact) mass is 383 g/mol. The van der Waals surface area contributed by atoms with Crippen molar-refractivity contribution in [2.24, 2.45) is 0 Å². The third-order valence-electron chi connectivity index (χ3n) is 5.14. The van der Waals surface area contributed by atoms with E-state index in [0.29, 0.717) is 26.2 Å². The minimum absolute atomic E-state index is 0.159. The van der Waals surface area contributed by atoms with E-state index < -0.39 is 0 Å². The highest BCUT2D eigenvalue weighted by molar-refractivity contribution is 6.04. The van der Waals surface area contributed by atoms with Crippen LogP contribution in [0.5, 0.6) is 0 Å². The molecular weight excluding hydrogens is 357 g/mol. The van der Waals surface area contributed by atoms with Crippen molar-refractivity contribution in [3.8, 4) is 0 Å². The Labute approximate surface area is 165 Å². The van der Waals surface area contributed by atoms with Gasteiger partial charge >= 0.3 is 0 Å². The summed E-state index contributed by atoms with van der Waals surface area (Å²) in [6.07, 6.45) is 0.657. The van der Waals surface area contributed by atoms with Gasteiger partial charge in [-0.2, -0.15) is 0 Å². The van der Waals surface area contributed by atoms with Crippen LogP contribution in [0, 0.1) is 12.7 Å². The van der Waals surface area contributed by atoms with Crippen molar-refractivity contribution in [2.75, 3.05) is 36.4 Å². The van der Waals surface area contributed by atoms with Crippen molar-refractivity contribution in [1.29, 1.82) is 0 Å². The van der Waals surface area contributed by atoms with E-state index in [2.05, 4.69) is 10.2 Å². The Bertz CT molecular complexity index is 843. The fraction of sp³-hybridized carbons (Fsp3) is 0.364. The highest BCUT2D eigenvalue weighted by atomic mass is 19.1. The maximum Gasteiger partial charge on any atom is 0.233 e. The fourth-order valence-electron chi connectivity index (χ4n) is 3.50. The molecule has 2 aromatic rings. The lowest BCUT2D eigenvalue weighted by Gasteiger charge is -2.36. The van der Waals surface area contributed by atoms with Crippen molar-refractivity contribution in [3.05, 3.63) is 59.4 Å². The number of halogens is 1. The van der Waals surface area contributed by atoms with Crippen LogP contribution in [0.4, 0.5) is 15.8 Å². The standard InChI is InChI=1S/C22H26FN3O2/c1-3-17-6-4-5-16(2)22(17)24-20(27)15-21(28)26-13-11-25(12-14-26)19-9-7-18(23)8-10-19/h4-10H,3,11-15H2,1-2H3,(H,24,27). The van der Waals surface area contributed by atoms with Gasteiger partial charge in [0.2, 0.25) is 11.8 Å². The number of carbonyl (C=O) groups excluding carboxylic acids is 2. The first-order valence-electron chi connectivity index (χ1n) is 9.64. The average Bonchev–Trinajstić information content (AvgIpc) is 2.70. The van der Waals surface area contributed by atoms with Gasteiger partial charge in [-0.05, 0) is 48.7 Å². The van der Waals surface area contributed by atoms with Gasteiger partial charge in [0.1, 0.15) is 12.2 Å². The number of hydrogen-bond donors (Lipinski definition) is 1. The van der Waals surface area contributed by atoms with E-state index in [4.69, 9.17) is 0 Å². The molecule has 1 saturated heterocycles. The highest BCUT2D eigenvalue weighted by Gasteiger charge is 2.23. The smallest absolute Gasteiger partial charge is 0.233 e. The number of para-hydroxylation sites is 1.